The van der Waals surface area contributed by atoms with E-state index in [0.29, 0.717) is 31.0 Å². The van der Waals surface area contributed by atoms with E-state index in [4.69, 9.17) is 4.74 Å². The van der Waals surface area contributed by atoms with Crippen LogP contribution in [0.15, 0.2) is 12.7 Å². The highest BCUT2D eigenvalue weighted by Gasteiger charge is 2.37. The first-order valence-electron chi connectivity index (χ1n) is 9.75. The van der Waals surface area contributed by atoms with Crippen molar-refractivity contribution in [2.75, 3.05) is 32.8 Å². The predicted octanol–water partition coefficient (Wildman–Crippen LogP) is 1.16. The lowest BCUT2D eigenvalue weighted by Crippen LogP contribution is -2.57. The molecule has 0 aromatic carbocycles. The van der Waals surface area contributed by atoms with Crippen molar-refractivity contribution in [1.82, 2.24) is 24.6 Å². The second-order valence-corrected chi connectivity index (χ2v) is 7.71. The molecule has 1 aliphatic carbocycles. The topological polar surface area (TPSA) is 63.5 Å². The number of amides is 1. The molecule has 25 heavy (non-hydrogen) atoms. The smallest absolute Gasteiger partial charge is 0.237 e. The van der Waals surface area contributed by atoms with Gasteiger partial charge in [0.05, 0.1) is 25.3 Å². The Hall–Kier alpha value is -1.47. The Balaban J connectivity index is 1.32. The first kappa shape index (κ1) is 17.0. The van der Waals surface area contributed by atoms with E-state index in [0.717, 1.165) is 45.4 Å². The van der Waals surface area contributed by atoms with Crippen LogP contribution in [-0.4, -0.2) is 75.4 Å². The minimum atomic E-state index is 0.271. The number of piperidine rings is 1. The van der Waals surface area contributed by atoms with Crippen LogP contribution in [0.4, 0.5) is 0 Å². The summed E-state index contributed by atoms with van der Waals surface area (Å²) in [6, 6.07) is 0.311. The lowest BCUT2D eigenvalue weighted by molar-refractivity contribution is -0.151. The predicted molar refractivity (Wildman–Crippen MR) is 92.9 cm³/mol. The van der Waals surface area contributed by atoms with Crippen LogP contribution in [0.1, 0.15) is 38.5 Å². The van der Waals surface area contributed by atoms with Gasteiger partial charge in [0, 0.05) is 19.6 Å². The third-order valence-electron chi connectivity index (χ3n) is 5.93. The average Bonchev–Trinajstić information content (AvgIpc) is 3.14. The van der Waals surface area contributed by atoms with E-state index in [1.54, 1.807) is 12.7 Å². The summed E-state index contributed by atoms with van der Waals surface area (Å²) in [5.74, 6) is 0.844. The van der Waals surface area contributed by atoms with E-state index >= 15 is 0 Å². The summed E-state index contributed by atoms with van der Waals surface area (Å²) < 4.78 is 7.81. The van der Waals surface area contributed by atoms with Crippen molar-refractivity contribution in [1.29, 1.82) is 0 Å². The first-order valence-corrected chi connectivity index (χ1v) is 9.75. The number of carbonyl (C=O) groups is 1. The van der Waals surface area contributed by atoms with Crippen LogP contribution in [0.2, 0.25) is 0 Å². The molecule has 3 heterocycles. The number of carbonyl (C=O) groups excluding carboxylic acids is 1. The van der Waals surface area contributed by atoms with E-state index in [2.05, 4.69) is 19.9 Å². The van der Waals surface area contributed by atoms with Crippen molar-refractivity contribution in [3.63, 3.8) is 0 Å². The van der Waals surface area contributed by atoms with Crippen LogP contribution in [0.3, 0.4) is 0 Å². The zero-order valence-electron chi connectivity index (χ0n) is 14.9. The van der Waals surface area contributed by atoms with Gasteiger partial charge in [0.15, 0.2) is 0 Å². The highest BCUT2D eigenvalue weighted by molar-refractivity contribution is 5.78. The van der Waals surface area contributed by atoms with Gasteiger partial charge in [-0.3, -0.25) is 14.4 Å². The molecule has 2 aliphatic heterocycles. The molecule has 1 amide bonds. The van der Waals surface area contributed by atoms with Crippen LogP contribution < -0.4 is 0 Å². The fourth-order valence-electron chi connectivity index (χ4n) is 4.72. The van der Waals surface area contributed by atoms with E-state index in [1.807, 2.05) is 4.68 Å². The SMILES string of the molecule is O=C(CN1CCCC(Cn2cncn2)C1)N1CCOC2CCCCC21. The van der Waals surface area contributed by atoms with Crippen molar-refractivity contribution in [2.24, 2.45) is 5.92 Å². The molecule has 1 saturated carbocycles. The average molecular weight is 347 g/mol. The maximum absolute atomic E-state index is 12.9. The summed E-state index contributed by atoms with van der Waals surface area (Å²) in [5, 5.41) is 4.21. The second kappa shape index (κ2) is 7.83. The van der Waals surface area contributed by atoms with Gasteiger partial charge in [0.2, 0.25) is 5.91 Å². The zero-order chi connectivity index (χ0) is 17.1. The maximum atomic E-state index is 12.9. The third-order valence-corrected chi connectivity index (χ3v) is 5.93. The Morgan fingerprint density at radius 2 is 2.08 bits per heavy atom. The molecule has 0 bridgehead atoms. The molecule has 0 N–H and O–H groups in total. The molecule has 3 fully saturated rings. The molecule has 1 aromatic rings. The molecule has 138 valence electrons. The normalized spacial score (nSPS) is 30.9. The number of hydrogen-bond donors (Lipinski definition) is 0. The van der Waals surface area contributed by atoms with E-state index in [1.165, 1.54) is 19.3 Å². The summed E-state index contributed by atoms with van der Waals surface area (Å²) in [6.07, 6.45) is 10.7. The van der Waals surface area contributed by atoms with Crippen LogP contribution >= 0.6 is 0 Å². The molecule has 4 rings (SSSR count). The molecule has 3 unspecified atom stereocenters. The van der Waals surface area contributed by atoms with Gasteiger partial charge in [-0.2, -0.15) is 5.10 Å². The molecular weight excluding hydrogens is 318 g/mol. The van der Waals surface area contributed by atoms with Gasteiger partial charge < -0.3 is 9.64 Å². The van der Waals surface area contributed by atoms with Gasteiger partial charge >= 0.3 is 0 Å². The first-order chi connectivity index (χ1) is 12.3. The van der Waals surface area contributed by atoms with Crippen LogP contribution in [0.5, 0.6) is 0 Å². The molecular formula is C18H29N5O2. The number of rotatable bonds is 4. The van der Waals surface area contributed by atoms with Crippen molar-refractivity contribution in [2.45, 2.75) is 57.2 Å². The van der Waals surface area contributed by atoms with Gasteiger partial charge in [-0.15, -0.1) is 0 Å². The van der Waals surface area contributed by atoms with Crippen LogP contribution in [0.25, 0.3) is 0 Å². The lowest BCUT2D eigenvalue weighted by atomic mass is 9.90. The highest BCUT2D eigenvalue weighted by atomic mass is 16.5. The van der Waals surface area contributed by atoms with Crippen molar-refractivity contribution < 1.29 is 9.53 Å². The maximum Gasteiger partial charge on any atom is 0.237 e. The summed E-state index contributed by atoms with van der Waals surface area (Å²) in [4.78, 5) is 21.4. The Kier molecular flexibility index (Phi) is 5.31. The summed E-state index contributed by atoms with van der Waals surface area (Å²) in [6.45, 7) is 4.91. The number of morpholine rings is 1. The molecule has 3 atom stereocenters. The Bertz CT molecular complexity index is 562. The fourth-order valence-corrected chi connectivity index (χ4v) is 4.72. The van der Waals surface area contributed by atoms with Gasteiger partial charge in [0.1, 0.15) is 12.7 Å². The molecule has 7 nitrogen and oxygen atoms in total. The van der Waals surface area contributed by atoms with Gasteiger partial charge in [-0.05, 0) is 38.1 Å². The van der Waals surface area contributed by atoms with Crippen LogP contribution in [-0.2, 0) is 16.1 Å². The molecule has 2 saturated heterocycles. The summed E-state index contributed by atoms with van der Waals surface area (Å²) in [5.41, 5.74) is 0. The lowest BCUT2D eigenvalue weighted by Gasteiger charge is -2.44. The number of ether oxygens (including phenoxy) is 1. The Morgan fingerprint density at radius 1 is 1.16 bits per heavy atom. The van der Waals surface area contributed by atoms with Crippen molar-refractivity contribution in [3.8, 4) is 0 Å². The third kappa shape index (κ3) is 4.03. The number of likely N-dealkylation sites (tertiary alicyclic amines) is 1. The highest BCUT2D eigenvalue weighted by Crippen LogP contribution is 2.28. The summed E-state index contributed by atoms with van der Waals surface area (Å²) in [7, 11) is 0. The molecule has 7 heteroatoms. The minimum absolute atomic E-state index is 0.271. The number of fused-ring (bicyclic) bond motifs is 1. The standard InChI is InChI=1S/C18H29N5O2/c24-18(23-8-9-25-17-6-2-1-5-16(17)23)12-21-7-3-4-15(10-21)11-22-14-19-13-20-22/h13-17H,1-12H2. The largest absolute Gasteiger partial charge is 0.374 e. The van der Waals surface area contributed by atoms with E-state index < -0.39 is 0 Å². The number of hydrogen-bond acceptors (Lipinski definition) is 5. The number of aromatic nitrogens is 3. The van der Waals surface area contributed by atoms with Gasteiger partial charge in [-0.25, -0.2) is 4.98 Å². The molecule has 0 radical (unpaired) electrons. The van der Waals surface area contributed by atoms with E-state index in [9.17, 15) is 4.79 Å². The second-order valence-electron chi connectivity index (χ2n) is 7.71. The quantitative estimate of drug-likeness (QED) is 0.818. The zero-order valence-corrected chi connectivity index (χ0v) is 14.9. The van der Waals surface area contributed by atoms with Gasteiger partial charge in [0.25, 0.3) is 0 Å². The Morgan fingerprint density at radius 3 is 2.96 bits per heavy atom. The minimum Gasteiger partial charge on any atom is -0.374 e. The van der Waals surface area contributed by atoms with Crippen molar-refractivity contribution >= 4 is 5.91 Å². The molecule has 1 aromatic heterocycles. The van der Waals surface area contributed by atoms with Gasteiger partial charge in [-0.1, -0.05) is 12.8 Å². The van der Waals surface area contributed by atoms with E-state index in [-0.39, 0.29) is 6.10 Å². The fraction of sp³-hybridized carbons (Fsp3) is 0.833. The Labute approximate surface area is 149 Å². The monoisotopic (exact) mass is 347 g/mol. The molecule has 0 spiro atoms. The van der Waals surface area contributed by atoms with Crippen LogP contribution in [0, 0.1) is 5.92 Å². The van der Waals surface area contributed by atoms with Crippen molar-refractivity contribution in [3.05, 3.63) is 12.7 Å². The summed E-state index contributed by atoms with van der Waals surface area (Å²) >= 11 is 0. The molecule has 3 aliphatic rings. The number of nitrogens with zero attached hydrogens (tertiary/aromatic N) is 5.